The van der Waals surface area contributed by atoms with Crippen LogP contribution in [0.1, 0.15) is 24.0 Å². The standard InChI is InChI=1S/C14H19BrO3/c1-16-5-3-7-17-13-9-11(10-15)8-12-4-2-6-18-14(12)13/h8-9H,2-7,10H2,1H3. The molecule has 0 radical (unpaired) electrons. The Morgan fingerprint density at radius 2 is 2.22 bits per heavy atom. The van der Waals surface area contributed by atoms with E-state index in [9.17, 15) is 0 Å². The number of rotatable bonds is 6. The van der Waals surface area contributed by atoms with Crippen molar-refractivity contribution < 1.29 is 14.2 Å². The highest BCUT2D eigenvalue weighted by Crippen LogP contribution is 2.36. The molecule has 1 aromatic rings. The topological polar surface area (TPSA) is 27.7 Å². The highest BCUT2D eigenvalue weighted by atomic mass is 79.9. The van der Waals surface area contributed by atoms with Gasteiger partial charge in [-0.2, -0.15) is 0 Å². The fraction of sp³-hybridized carbons (Fsp3) is 0.571. The van der Waals surface area contributed by atoms with Crippen LogP contribution in [0.4, 0.5) is 0 Å². The summed E-state index contributed by atoms with van der Waals surface area (Å²) in [6.45, 7) is 2.17. The number of hydrogen-bond acceptors (Lipinski definition) is 3. The number of alkyl halides is 1. The van der Waals surface area contributed by atoms with Gasteiger partial charge in [0.25, 0.3) is 0 Å². The van der Waals surface area contributed by atoms with Crippen molar-refractivity contribution in [1.82, 2.24) is 0 Å². The molecule has 100 valence electrons. The van der Waals surface area contributed by atoms with Gasteiger partial charge >= 0.3 is 0 Å². The van der Waals surface area contributed by atoms with Crippen LogP contribution in [0, 0.1) is 0 Å². The Labute approximate surface area is 117 Å². The second-order valence-electron chi connectivity index (χ2n) is 4.36. The van der Waals surface area contributed by atoms with Crippen molar-refractivity contribution in [3.8, 4) is 11.5 Å². The predicted molar refractivity (Wildman–Crippen MR) is 74.9 cm³/mol. The third kappa shape index (κ3) is 3.39. The normalized spacial score (nSPS) is 13.9. The van der Waals surface area contributed by atoms with E-state index in [0.717, 1.165) is 49.3 Å². The van der Waals surface area contributed by atoms with Crippen LogP contribution < -0.4 is 9.47 Å². The summed E-state index contributed by atoms with van der Waals surface area (Å²) in [5.41, 5.74) is 2.50. The number of ether oxygens (including phenoxy) is 3. The molecule has 1 heterocycles. The monoisotopic (exact) mass is 314 g/mol. The molecule has 0 bridgehead atoms. The SMILES string of the molecule is COCCCOc1cc(CBr)cc2c1OCCC2. The fourth-order valence-corrected chi connectivity index (χ4v) is 2.40. The maximum Gasteiger partial charge on any atom is 0.164 e. The molecule has 1 aromatic carbocycles. The molecule has 0 N–H and O–H groups in total. The van der Waals surface area contributed by atoms with E-state index in [1.165, 1.54) is 11.1 Å². The van der Waals surface area contributed by atoms with Crippen molar-refractivity contribution in [2.45, 2.75) is 24.6 Å². The van der Waals surface area contributed by atoms with E-state index in [4.69, 9.17) is 14.2 Å². The van der Waals surface area contributed by atoms with Gasteiger partial charge in [0.1, 0.15) is 0 Å². The summed E-state index contributed by atoms with van der Waals surface area (Å²) in [7, 11) is 1.70. The van der Waals surface area contributed by atoms with Crippen LogP contribution in [0.15, 0.2) is 12.1 Å². The van der Waals surface area contributed by atoms with E-state index in [1.54, 1.807) is 7.11 Å². The summed E-state index contributed by atoms with van der Waals surface area (Å²) >= 11 is 3.50. The Balaban J connectivity index is 2.11. The Bertz CT molecular complexity index is 393. The summed E-state index contributed by atoms with van der Waals surface area (Å²) in [5.74, 6) is 1.81. The largest absolute Gasteiger partial charge is 0.490 e. The Kier molecular flexibility index (Phi) is 5.32. The molecule has 0 atom stereocenters. The van der Waals surface area contributed by atoms with Crippen LogP contribution in [0.3, 0.4) is 0 Å². The average molecular weight is 315 g/mol. The van der Waals surface area contributed by atoms with Crippen LogP contribution >= 0.6 is 15.9 Å². The summed E-state index contributed by atoms with van der Waals surface area (Å²) in [4.78, 5) is 0. The van der Waals surface area contributed by atoms with Gasteiger partial charge in [-0.05, 0) is 30.0 Å². The lowest BCUT2D eigenvalue weighted by Crippen LogP contribution is -2.11. The molecule has 0 amide bonds. The zero-order chi connectivity index (χ0) is 12.8. The molecule has 0 unspecified atom stereocenters. The van der Waals surface area contributed by atoms with E-state index < -0.39 is 0 Å². The lowest BCUT2D eigenvalue weighted by atomic mass is 10.0. The van der Waals surface area contributed by atoms with Crippen LogP contribution in [0.5, 0.6) is 11.5 Å². The minimum Gasteiger partial charge on any atom is -0.490 e. The maximum absolute atomic E-state index is 5.82. The smallest absolute Gasteiger partial charge is 0.164 e. The molecule has 0 saturated heterocycles. The lowest BCUT2D eigenvalue weighted by Gasteiger charge is -2.21. The van der Waals surface area contributed by atoms with Gasteiger partial charge in [-0.25, -0.2) is 0 Å². The number of methoxy groups -OCH3 is 1. The van der Waals surface area contributed by atoms with E-state index in [2.05, 4.69) is 28.1 Å². The van der Waals surface area contributed by atoms with Crippen LogP contribution in [0.25, 0.3) is 0 Å². The number of hydrogen-bond donors (Lipinski definition) is 0. The molecule has 4 heteroatoms. The maximum atomic E-state index is 5.82. The summed E-state index contributed by atoms with van der Waals surface area (Å²) in [6.07, 6.45) is 3.05. The molecule has 18 heavy (non-hydrogen) atoms. The first-order valence-corrected chi connectivity index (χ1v) is 7.43. The molecule has 1 aliphatic rings. The van der Waals surface area contributed by atoms with Crippen molar-refractivity contribution >= 4 is 15.9 Å². The minimum atomic E-state index is 0.662. The van der Waals surface area contributed by atoms with Gasteiger partial charge in [0.05, 0.1) is 13.2 Å². The molecule has 0 fully saturated rings. The van der Waals surface area contributed by atoms with Crippen molar-refractivity contribution in [3.05, 3.63) is 23.3 Å². The molecule has 3 nitrogen and oxygen atoms in total. The lowest BCUT2D eigenvalue weighted by molar-refractivity contribution is 0.169. The van der Waals surface area contributed by atoms with E-state index in [0.29, 0.717) is 6.61 Å². The van der Waals surface area contributed by atoms with Crippen LogP contribution in [-0.2, 0) is 16.5 Å². The first-order chi connectivity index (χ1) is 8.85. The summed E-state index contributed by atoms with van der Waals surface area (Å²) < 4.78 is 16.6. The second kappa shape index (κ2) is 7.00. The van der Waals surface area contributed by atoms with Crippen molar-refractivity contribution in [2.24, 2.45) is 0 Å². The van der Waals surface area contributed by atoms with E-state index >= 15 is 0 Å². The van der Waals surface area contributed by atoms with Crippen molar-refractivity contribution in [2.75, 3.05) is 26.9 Å². The number of benzene rings is 1. The molecule has 2 rings (SSSR count). The summed E-state index contributed by atoms with van der Waals surface area (Å²) in [5, 5.41) is 0.842. The van der Waals surface area contributed by atoms with E-state index in [-0.39, 0.29) is 0 Å². The van der Waals surface area contributed by atoms with Gasteiger partial charge in [-0.3, -0.25) is 0 Å². The van der Waals surface area contributed by atoms with Gasteiger partial charge in [0, 0.05) is 25.5 Å². The highest BCUT2D eigenvalue weighted by molar-refractivity contribution is 9.08. The van der Waals surface area contributed by atoms with Crippen LogP contribution in [0.2, 0.25) is 0 Å². The number of aryl methyl sites for hydroxylation is 1. The zero-order valence-corrected chi connectivity index (χ0v) is 12.3. The second-order valence-corrected chi connectivity index (χ2v) is 4.92. The Hall–Kier alpha value is -0.740. The molecule has 0 spiro atoms. The Morgan fingerprint density at radius 3 is 3.00 bits per heavy atom. The first-order valence-electron chi connectivity index (χ1n) is 6.31. The third-order valence-electron chi connectivity index (χ3n) is 2.93. The molecular formula is C14H19BrO3. The average Bonchev–Trinajstić information content (AvgIpc) is 2.43. The third-order valence-corrected chi connectivity index (χ3v) is 3.58. The van der Waals surface area contributed by atoms with E-state index in [1.807, 2.05) is 0 Å². The molecule has 1 aliphatic heterocycles. The van der Waals surface area contributed by atoms with Gasteiger partial charge in [-0.1, -0.05) is 22.0 Å². The molecule has 0 saturated carbocycles. The zero-order valence-electron chi connectivity index (χ0n) is 10.7. The predicted octanol–water partition coefficient (Wildman–Crippen LogP) is 3.32. The van der Waals surface area contributed by atoms with Gasteiger partial charge in [0.2, 0.25) is 0 Å². The van der Waals surface area contributed by atoms with Crippen molar-refractivity contribution in [3.63, 3.8) is 0 Å². The van der Waals surface area contributed by atoms with Crippen LogP contribution in [-0.4, -0.2) is 26.9 Å². The summed E-state index contributed by atoms with van der Waals surface area (Å²) in [6, 6.07) is 4.26. The number of fused-ring (bicyclic) bond motifs is 1. The fourth-order valence-electron chi connectivity index (χ4n) is 2.08. The van der Waals surface area contributed by atoms with Gasteiger partial charge < -0.3 is 14.2 Å². The van der Waals surface area contributed by atoms with Crippen molar-refractivity contribution in [1.29, 1.82) is 0 Å². The molecular weight excluding hydrogens is 296 g/mol. The van der Waals surface area contributed by atoms with Gasteiger partial charge in [-0.15, -0.1) is 0 Å². The minimum absolute atomic E-state index is 0.662. The quantitative estimate of drug-likeness (QED) is 0.595. The Morgan fingerprint density at radius 1 is 1.33 bits per heavy atom. The highest BCUT2D eigenvalue weighted by Gasteiger charge is 2.17. The molecule has 0 aliphatic carbocycles. The van der Waals surface area contributed by atoms with Gasteiger partial charge in [0.15, 0.2) is 11.5 Å². The number of halogens is 1. The first kappa shape index (κ1) is 13.7. The molecule has 0 aromatic heterocycles.